The lowest BCUT2D eigenvalue weighted by molar-refractivity contribution is -0.357. The van der Waals surface area contributed by atoms with E-state index in [1.54, 1.807) is 30.3 Å². The van der Waals surface area contributed by atoms with Gasteiger partial charge in [0.05, 0.1) is 12.2 Å². The zero-order valence-corrected chi connectivity index (χ0v) is 15.3. The highest BCUT2D eigenvalue weighted by Gasteiger charge is 2.51. The lowest BCUT2D eigenvalue weighted by Crippen LogP contribution is -2.63. The number of esters is 1. The molecule has 0 bridgehead atoms. The molecule has 0 amide bonds. The molecular formula is C21H22O7. The van der Waals surface area contributed by atoms with Crippen LogP contribution in [0.15, 0.2) is 60.7 Å². The molecule has 1 N–H and O–H groups in total. The van der Waals surface area contributed by atoms with Crippen LogP contribution in [0.1, 0.15) is 22.2 Å². The third-order valence-electron chi connectivity index (χ3n) is 4.87. The summed E-state index contributed by atoms with van der Waals surface area (Å²) in [6, 6.07) is 18.0. The highest BCUT2D eigenvalue weighted by Crippen LogP contribution is 2.35. The Morgan fingerprint density at radius 1 is 1.04 bits per heavy atom. The van der Waals surface area contributed by atoms with Crippen molar-refractivity contribution < 1.29 is 33.6 Å². The molecule has 2 saturated heterocycles. The first kappa shape index (κ1) is 19.0. The van der Waals surface area contributed by atoms with Crippen molar-refractivity contribution in [1.82, 2.24) is 0 Å². The van der Waals surface area contributed by atoms with Crippen molar-refractivity contribution in [2.45, 2.75) is 37.0 Å². The molecule has 2 heterocycles. The Hall–Kier alpha value is -2.29. The minimum Gasteiger partial charge on any atom is -0.450 e. The Kier molecular flexibility index (Phi) is 5.70. The molecule has 2 fully saturated rings. The van der Waals surface area contributed by atoms with E-state index in [2.05, 4.69) is 0 Å². The van der Waals surface area contributed by atoms with Gasteiger partial charge in [-0.1, -0.05) is 48.5 Å². The molecule has 2 aliphatic rings. The van der Waals surface area contributed by atoms with Gasteiger partial charge in [-0.05, 0) is 12.1 Å². The lowest BCUT2D eigenvalue weighted by atomic mass is 9.97. The molecule has 1 unspecified atom stereocenters. The van der Waals surface area contributed by atoms with Crippen molar-refractivity contribution in [2.24, 2.45) is 0 Å². The van der Waals surface area contributed by atoms with E-state index in [1.165, 1.54) is 7.11 Å². The van der Waals surface area contributed by atoms with Crippen LogP contribution >= 0.6 is 0 Å². The van der Waals surface area contributed by atoms with E-state index in [0.29, 0.717) is 5.56 Å². The van der Waals surface area contributed by atoms with Crippen molar-refractivity contribution >= 4 is 5.97 Å². The van der Waals surface area contributed by atoms with Crippen LogP contribution in [0.25, 0.3) is 0 Å². The van der Waals surface area contributed by atoms with Crippen molar-refractivity contribution in [1.29, 1.82) is 0 Å². The predicted molar refractivity (Wildman–Crippen MR) is 97.3 cm³/mol. The Morgan fingerprint density at radius 3 is 2.39 bits per heavy atom. The average Bonchev–Trinajstić information content (AvgIpc) is 2.76. The average molecular weight is 386 g/mol. The highest BCUT2D eigenvalue weighted by atomic mass is 16.8. The Balaban J connectivity index is 1.50. The fourth-order valence-corrected chi connectivity index (χ4v) is 3.43. The number of aliphatic hydroxyl groups excluding tert-OH is 1. The number of hydrogen-bond donors (Lipinski definition) is 1. The van der Waals surface area contributed by atoms with Gasteiger partial charge in [0.2, 0.25) is 0 Å². The summed E-state index contributed by atoms with van der Waals surface area (Å²) in [4.78, 5) is 12.5. The van der Waals surface area contributed by atoms with Gasteiger partial charge in [0.1, 0.15) is 18.3 Å². The molecule has 0 radical (unpaired) electrons. The van der Waals surface area contributed by atoms with Crippen LogP contribution in [0, 0.1) is 0 Å². The van der Waals surface area contributed by atoms with Crippen molar-refractivity contribution in [3.05, 3.63) is 71.8 Å². The van der Waals surface area contributed by atoms with Crippen LogP contribution in [0.2, 0.25) is 0 Å². The largest absolute Gasteiger partial charge is 0.450 e. The van der Waals surface area contributed by atoms with Gasteiger partial charge in [-0.2, -0.15) is 0 Å². The Bertz CT molecular complexity index is 782. The maximum absolute atomic E-state index is 12.5. The fourth-order valence-electron chi connectivity index (χ4n) is 3.43. The zero-order chi connectivity index (χ0) is 19.5. The van der Waals surface area contributed by atoms with E-state index < -0.39 is 43.0 Å². The summed E-state index contributed by atoms with van der Waals surface area (Å²) in [7, 11) is 1.43. The first-order chi connectivity index (χ1) is 13.7. The van der Waals surface area contributed by atoms with Gasteiger partial charge in [-0.15, -0.1) is 0 Å². The molecule has 2 aliphatic heterocycles. The number of hydrogen-bond acceptors (Lipinski definition) is 7. The summed E-state index contributed by atoms with van der Waals surface area (Å²) in [6.07, 6.45) is -4.99. The van der Waals surface area contributed by atoms with E-state index in [9.17, 15) is 9.90 Å². The van der Waals surface area contributed by atoms with Crippen LogP contribution < -0.4 is 0 Å². The molecule has 0 aromatic heterocycles. The van der Waals surface area contributed by atoms with E-state index in [1.807, 2.05) is 30.3 Å². The van der Waals surface area contributed by atoms with E-state index in [0.717, 1.165) is 5.56 Å². The smallest absolute Gasteiger partial charge is 0.338 e. The minimum absolute atomic E-state index is 0.223. The molecule has 0 saturated carbocycles. The van der Waals surface area contributed by atoms with Gasteiger partial charge in [0, 0.05) is 12.7 Å². The first-order valence-corrected chi connectivity index (χ1v) is 9.11. The third-order valence-corrected chi connectivity index (χ3v) is 4.87. The second kappa shape index (κ2) is 8.38. The number of rotatable bonds is 4. The fraction of sp³-hybridized carbons (Fsp3) is 0.381. The van der Waals surface area contributed by atoms with E-state index in [4.69, 9.17) is 23.7 Å². The third kappa shape index (κ3) is 3.80. The summed E-state index contributed by atoms with van der Waals surface area (Å²) in [5, 5.41) is 10.9. The molecule has 2 aromatic carbocycles. The maximum atomic E-state index is 12.5. The number of carbonyl (C=O) groups is 1. The van der Waals surface area contributed by atoms with Gasteiger partial charge in [0.15, 0.2) is 18.7 Å². The summed E-state index contributed by atoms with van der Waals surface area (Å²) >= 11 is 0. The lowest BCUT2D eigenvalue weighted by Gasteiger charge is -2.46. The molecule has 0 spiro atoms. The Labute approximate surface area is 162 Å². The van der Waals surface area contributed by atoms with Gasteiger partial charge < -0.3 is 28.8 Å². The quantitative estimate of drug-likeness (QED) is 0.806. The molecular weight excluding hydrogens is 364 g/mol. The summed E-state index contributed by atoms with van der Waals surface area (Å²) in [5.74, 6) is -0.569. The van der Waals surface area contributed by atoms with Crippen LogP contribution in [-0.4, -0.2) is 55.5 Å². The second-order valence-electron chi connectivity index (χ2n) is 6.68. The van der Waals surface area contributed by atoms with Gasteiger partial charge in [-0.25, -0.2) is 4.79 Å². The monoisotopic (exact) mass is 386 g/mol. The SMILES string of the molecule is CO[C@@H]1O[C@@H]2COC(c3ccccc3)O[C@@H]2[C@H](O)[C@H]1OC(=O)c1ccccc1. The van der Waals surface area contributed by atoms with Crippen LogP contribution in [0.3, 0.4) is 0 Å². The summed E-state index contributed by atoms with van der Waals surface area (Å²) < 4.78 is 28.4. The topological polar surface area (TPSA) is 83.5 Å². The van der Waals surface area contributed by atoms with Crippen molar-refractivity contribution in [2.75, 3.05) is 13.7 Å². The van der Waals surface area contributed by atoms with Crippen molar-refractivity contribution in [3.63, 3.8) is 0 Å². The minimum atomic E-state index is -1.13. The molecule has 0 aliphatic carbocycles. The predicted octanol–water partition coefficient (Wildman–Crippen LogP) is 2.06. The maximum Gasteiger partial charge on any atom is 0.338 e. The van der Waals surface area contributed by atoms with Crippen LogP contribution in [-0.2, 0) is 23.7 Å². The molecule has 7 heteroatoms. The normalized spacial score (nSPS) is 32.4. The zero-order valence-electron chi connectivity index (χ0n) is 15.3. The number of ether oxygens (including phenoxy) is 5. The summed E-state index contributed by atoms with van der Waals surface area (Å²) in [6.45, 7) is 0.223. The number of fused-ring (bicyclic) bond motifs is 1. The van der Waals surface area contributed by atoms with Crippen LogP contribution in [0.4, 0.5) is 0 Å². The highest BCUT2D eigenvalue weighted by molar-refractivity contribution is 5.89. The first-order valence-electron chi connectivity index (χ1n) is 9.11. The van der Waals surface area contributed by atoms with Crippen LogP contribution in [0.5, 0.6) is 0 Å². The standard InChI is InChI=1S/C21H22O7/c1-24-21-18(27-19(23)13-8-4-2-5-9-13)16(22)17-15(26-21)12-25-20(28-17)14-10-6-3-7-11-14/h2-11,15-18,20-22H,12H2,1H3/t15-,16+,17+,18-,20?,21-/m1/s1. The molecule has 6 atom stereocenters. The second-order valence-corrected chi connectivity index (χ2v) is 6.68. The molecule has 7 nitrogen and oxygen atoms in total. The summed E-state index contributed by atoms with van der Waals surface area (Å²) in [5.41, 5.74) is 1.21. The van der Waals surface area contributed by atoms with Crippen molar-refractivity contribution in [3.8, 4) is 0 Å². The van der Waals surface area contributed by atoms with E-state index >= 15 is 0 Å². The number of benzene rings is 2. The molecule has 2 aromatic rings. The number of methoxy groups -OCH3 is 1. The Morgan fingerprint density at radius 2 is 1.71 bits per heavy atom. The number of aliphatic hydroxyl groups is 1. The van der Waals surface area contributed by atoms with E-state index in [-0.39, 0.29) is 6.61 Å². The molecule has 4 rings (SSSR count). The van der Waals surface area contributed by atoms with Gasteiger partial charge in [0.25, 0.3) is 0 Å². The molecule has 148 valence electrons. The van der Waals surface area contributed by atoms with Gasteiger partial charge >= 0.3 is 5.97 Å². The van der Waals surface area contributed by atoms with Gasteiger partial charge in [-0.3, -0.25) is 0 Å². The molecule has 28 heavy (non-hydrogen) atoms. The number of carbonyl (C=O) groups excluding carboxylic acids is 1.